The second kappa shape index (κ2) is 6.78. The van der Waals surface area contributed by atoms with Gasteiger partial charge < -0.3 is 10.1 Å². The summed E-state index contributed by atoms with van der Waals surface area (Å²) in [5, 5.41) is 4.13. The number of halogens is 1. The van der Waals surface area contributed by atoms with E-state index in [1.54, 1.807) is 7.11 Å². The van der Waals surface area contributed by atoms with Gasteiger partial charge in [0, 0.05) is 17.1 Å². The second-order valence-corrected chi connectivity index (χ2v) is 5.18. The van der Waals surface area contributed by atoms with Gasteiger partial charge in [-0.1, -0.05) is 36.7 Å². The van der Waals surface area contributed by atoms with Gasteiger partial charge in [0.05, 0.1) is 7.11 Å². The van der Waals surface area contributed by atoms with Crippen molar-refractivity contribution < 1.29 is 4.74 Å². The Morgan fingerprint density at radius 1 is 1.10 bits per heavy atom. The molecular formula is C17H20ClNO. The molecule has 0 saturated carbocycles. The Morgan fingerprint density at radius 3 is 2.45 bits per heavy atom. The molecule has 0 fully saturated rings. The van der Waals surface area contributed by atoms with E-state index in [-0.39, 0.29) is 0 Å². The van der Waals surface area contributed by atoms with Gasteiger partial charge in [0.1, 0.15) is 5.75 Å². The van der Waals surface area contributed by atoms with Crippen molar-refractivity contribution >= 4 is 11.6 Å². The first-order chi connectivity index (χ1) is 9.65. The number of rotatable bonds is 5. The molecule has 0 saturated heterocycles. The number of benzene rings is 2. The van der Waals surface area contributed by atoms with Gasteiger partial charge >= 0.3 is 0 Å². The van der Waals surface area contributed by atoms with E-state index < -0.39 is 0 Å². The minimum absolute atomic E-state index is 0.798. The van der Waals surface area contributed by atoms with E-state index in [2.05, 4.69) is 30.4 Å². The molecular weight excluding hydrogens is 270 g/mol. The maximum atomic E-state index is 6.21. The summed E-state index contributed by atoms with van der Waals surface area (Å²) in [7, 11) is 1.70. The van der Waals surface area contributed by atoms with E-state index in [0.29, 0.717) is 0 Å². The molecule has 20 heavy (non-hydrogen) atoms. The molecule has 0 spiro atoms. The average Bonchev–Trinajstić information content (AvgIpc) is 2.47. The zero-order chi connectivity index (χ0) is 14.5. The second-order valence-electron chi connectivity index (χ2n) is 4.77. The molecule has 2 rings (SSSR count). The molecule has 0 bridgehead atoms. The minimum Gasteiger partial charge on any atom is -0.496 e. The van der Waals surface area contributed by atoms with Crippen molar-refractivity contribution in [1.82, 2.24) is 5.32 Å². The number of aryl methyl sites for hydroxylation is 1. The van der Waals surface area contributed by atoms with Crippen molar-refractivity contribution in [2.45, 2.75) is 20.4 Å². The molecule has 0 amide bonds. The number of ether oxygens (including phenoxy) is 1. The fourth-order valence-electron chi connectivity index (χ4n) is 2.13. The van der Waals surface area contributed by atoms with Crippen LogP contribution in [0.2, 0.25) is 5.02 Å². The van der Waals surface area contributed by atoms with Crippen LogP contribution in [0.15, 0.2) is 36.4 Å². The molecule has 3 heteroatoms. The van der Waals surface area contributed by atoms with Crippen molar-refractivity contribution in [3.63, 3.8) is 0 Å². The maximum absolute atomic E-state index is 6.21. The summed E-state index contributed by atoms with van der Waals surface area (Å²) in [4.78, 5) is 0. The zero-order valence-corrected chi connectivity index (χ0v) is 12.9. The molecule has 2 aromatic rings. The highest BCUT2D eigenvalue weighted by Gasteiger charge is 2.07. The minimum atomic E-state index is 0.798. The van der Waals surface area contributed by atoms with Crippen LogP contribution in [-0.2, 0) is 6.54 Å². The third-order valence-corrected chi connectivity index (χ3v) is 3.76. The quantitative estimate of drug-likeness (QED) is 0.879. The Balaban J connectivity index is 2.38. The van der Waals surface area contributed by atoms with Crippen LogP contribution in [0.4, 0.5) is 0 Å². The largest absolute Gasteiger partial charge is 0.496 e. The molecule has 106 valence electrons. The predicted octanol–water partition coefficient (Wildman–Crippen LogP) is 4.43. The topological polar surface area (TPSA) is 21.3 Å². The molecule has 0 aromatic heterocycles. The van der Waals surface area contributed by atoms with Crippen molar-refractivity contribution in [3.8, 4) is 16.9 Å². The van der Waals surface area contributed by atoms with Gasteiger partial charge in [-0.3, -0.25) is 0 Å². The van der Waals surface area contributed by atoms with Gasteiger partial charge in [0.15, 0.2) is 0 Å². The lowest BCUT2D eigenvalue weighted by atomic mass is 10.0. The van der Waals surface area contributed by atoms with Gasteiger partial charge in [-0.05, 0) is 48.4 Å². The van der Waals surface area contributed by atoms with Crippen LogP contribution in [0, 0.1) is 6.92 Å². The van der Waals surface area contributed by atoms with Crippen molar-refractivity contribution in [3.05, 3.63) is 52.5 Å². The molecule has 0 aliphatic heterocycles. The summed E-state index contributed by atoms with van der Waals surface area (Å²) >= 11 is 6.21. The Labute approximate surface area is 125 Å². The number of hydrogen-bond acceptors (Lipinski definition) is 2. The number of methoxy groups -OCH3 is 1. The van der Waals surface area contributed by atoms with Crippen molar-refractivity contribution in [2.75, 3.05) is 13.7 Å². The summed E-state index contributed by atoms with van der Waals surface area (Å²) in [6.07, 6.45) is 0. The molecule has 0 aliphatic carbocycles. The smallest absolute Gasteiger partial charge is 0.123 e. The van der Waals surface area contributed by atoms with Crippen LogP contribution >= 0.6 is 11.6 Å². The SMILES string of the molecule is CCNCc1cc(-c2ccc(C)c(Cl)c2)ccc1OC. The molecule has 2 nitrogen and oxygen atoms in total. The Hall–Kier alpha value is -1.51. The van der Waals surface area contributed by atoms with Crippen molar-refractivity contribution in [2.24, 2.45) is 0 Å². The van der Waals surface area contributed by atoms with Crippen LogP contribution in [-0.4, -0.2) is 13.7 Å². The normalized spacial score (nSPS) is 10.6. The molecule has 0 radical (unpaired) electrons. The lowest BCUT2D eigenvalue weighted by molar-refractivity contribution is 0.408. The molecule has 0 aliphatic rings. The molecule has 1 N–H and O–H groups in total. The summed E-state index contributed by atoms with van der Waals surface area (Å²) in [6.45, 7) is 5.84. The summed E-state index contributed by atoms with van der Waals surface area (Å²) in [6, 6.07) is 12.4. The fourth-order valence-corrected chi connectivity index (χ4v) is 2.31. The molecule has 0 unspecified atom stereocenters. The zero-order valence-electron chi connectivity index (χ0n) is 12.2. The first kappa shape index (κ1) is 14.9. The molecule has 0 atom stereocenters. The van der Waals surface area contributed by atoms with E-state index >= 15 is 0 Å². The van der Waals surface area contributed by atoms with E-state index in [1.165, 1.54) is 0 Å². The maximum Gasteiger partial charge on any atom is 0.123 e. The Bertz CT molecular complexity index is 596. The Kier molecular flexibility index (Phi) is 5.05. The highest BCUT2D eigenvalue weighted by atomic mass is 35.5. The van der Waals surface area contributed by atoms with E-state index in [0.717, 1.165) is 46.1 Å². The summed E-state index contributed by atoms with van der Waals surface area (Å²) in [5.41, 5.74) is 4.53. The van der Waals surface area contributed by atoms with Crippen LogP contribution in [0.5, 0.6) is 5.75 Å². The summed E-state index contributed by atoms with van der Waals surface area (Å²) < 4.78 is 5.41. The van der Waals surface area contributed by atoms with Gasteiger partial charge in [0.2, 0.25) is 0 Å². The van der Waals surface area contributed by atoms with Crippen molar-refractivity contribution in [1.29, 1.82) is 0 Å². The number of hydrogen-bond donors (Lipinski definition) is 1. The van der Waals surface area contributed by atoms with E-state index in [1.807, 2.05) is 25.1 Å². The lowest BCUT2D eigenvalue weighted by Gasteiger charge is -2.12. The van der Waals surface area contributed by atoms with Gasteiger partial charge in [-0.2, -0.15) is 0 Å². The van der Waals surface area contributed by atoms with Crippen LogP contribution in [0.3, 0.4) is 0 Å². The Morgan fingerprint density at radius 2 is 1.80 bits per heavy atom. The monoisotopic (exact) mass is 289 g/mol. The highest BCUT2D eigenvalue weighted by molar-refractivity contribution is 6.31. The third kappa shape index (κ3) is 3.33. The predicted molar refractivity (Wildman–Crippen MR) is 85.6 cm³/mol. The molecule has 0 heterocycles. The van der Waals surface area contributed by atoms with E-state index in [9.17, 15) is 0 Å². The lowest BCUT2D eigenvalue weighted by Crippen LogP contribution is -2.12. The van der Waals surface area contributed by atoms with Gasteiger partial charge in [-0.25, -0.2) is 0 Å². The third-order valence-electron chi connectivity index (χ3n) is 3.35. The fraction of sp³-hybridized carbons (Fsp3) is 0.294. The molecule has 2 aromatic carbocycles. The average molecular weight is 290 g/mol. The van der Waals surface area contributed by atoms with Gasteiger partial charge in [0.25, 0.3) is 0 Å². The number of nitrogens with one attached hydrogen (secondary N) is 1. The first-order valence-electron chi connectivity index (χ1n) is 6.80. The summed E-state index contributed by atoms with van der Waals surface area (Å²) in [5.74, 6) is 0.910. The standard InChI is InChI=1S/C17H20ClNO/c1-4-19-11-15-9-13(7-8-17(15)20-3)14-6-5-12(2)16(18)10-14/h5-10,19H,4,11H2,1-3H3. The van der Waals surface area contributed by atoms with Crippen LogP contribution in [0.1, 0.15) is 18.1 Å². The van der Waals surface area contributed by atoms with Crippen LogP contribution < -0.4 is 10.1 Å². The van der Waals surface area contributed by atoms with Gasteiger partial charge in [-0.15, -0.1) is 0 Å². The van der Waals surface area contributed by atoms with Crippen LogP contribution in [0.25, 0.3) is 11.1 Å². The first-order valence-corrected chi connectivity index (χ1v) is 7.17. The van der Waals surface area contributed by atoms with E-state index in [4.69, 9.17) is 16.3 Å². The highest BCUT2D eigenvalue weighted by Crippen LogP contribution is 2.29.